The standard InChI is InChI=1S/C3H8ClNS/c1-3(2-6)5-4/h3,5-6H,2H2,1H3. The maximum absolute atomic E-state index is 5.15. The molecule has 0 rings (SSSR count). The van der Waals surface area contributed by atoms with Crippen LogP contribution in [0.25, 0.3) is 0 Å². The number of halogens is 1. The fourth-order valence-corrected chi connectivity index (χ4v) is 0.311. The Bertz CT molecular complexity index is 30.0. The van der Waals surface area contributed by atoms with Crippen LogP contribution in [0, 0.1) is 0 Å². The highest BCUT2D eigenvalue weighted by Gasteiger charge is 1.89. The van der Waals surface area contributed by atoms with E-state index in [2.05, 4.69) is 17.5 Å². The molecule has 38 valence electrons. The van der Waals surface area contributed by atoms with Crippen LogP contribution in [0.3, 0.4) is 0 Å². The Balaban J connectivity index is 2.75. The molecule has 0 bridgehead atoms. The van der Waals surface area contributed by atoms with Gasteiger partial charge in [-0.15, -0.1) is 0 Å². The van der Waals surface area contributed by atoms with Crippen molar-refractivity contribution in [3.63, 3.8) is 0 Å². The molecule has 1 nitrogen and oxygen atoms in total. The van der Waals surface area contributed by atoms with Gasteiger partial charge >= 0.3 is 0 Å². The molecule has 0 heterocycles. The summed E-state index contributed by atoms with van der Waals surface area (Å²) in [6.07, 6.45) is 0. The average Bonchev–Trinajstić information content (AvgIpc) is 1.65. The van der Waals surface area contributed by atoms with E-state index >= 15 is 0 Å². The van der Waals surface area contributed by atoms with Crippen molar-refractivity contribution in [2.24, 2.45) is 0 Å². The highest BCUT2D eigenvalue weighted by molar-refractivity contribution is 7.80. The first kappa shape index (κ1) is 6.60. The normalized spacial score (nSPS) is 14.5. The topological polar surface area (TPSA) is 12.0 Å². The van der Waals surface area contributed by atoms with E-state index in [0.29, 0.717) is 6.04 Å². The molecule has 0 spiro atoms. The zero-order valence-corrected chi connectivity index (χ0v) is 5.26. The Labute approximate surface area is 48.6 Å². The SMILES string of the molecule is CC(CS)NCl. The van der Waals surface area contributed by atoms with Gasteiger partial charge in [0.1, 0.15) is 0 Å². The summed E-state index contributed by atoms with van der Waals surface area (Å²) >= 11 is 9.10. The quantitative estimate of drug-likeness (QED) is 0.415. The molecule has 0 aromatic heterocycles. The first-order chi connectivity index (χ1) is 2.81. The maximum Gasteiger partial charge on any atom is 0.0280 e. The van der Waals surface area contributed by atoms with E-state index in [1.807, 2.05) is 6.92 Å². The number of thiol groups is 1. The second kappa shape index (κ2) is 3.78. The van der Waals surface area contributed by atoms with Crippen molar-refractivity contribution in [1.82, 2.24) is 4.84 Å². The van der Waals surface area contributed by atoms with Crippen LogP contribution < -0.4 is 4.84 Å². The summed E-state index contributed by atoms with van der Waals surface area (Å²) in [5.41, 5.74) is 0. The molecule has 0 aliphatic rings. The zero-order chi connectivity index (χ0) is 4.99. The molecule has 0 aromatic rings. The van der Waals surface area contributed by atoms with Crippen molar-refractivity contribution in [3.05, 3.63) is 0 Å². The molecule has 1 atom stereocenters. The van der Waals surface area contributed by atoms with E-state index in [-0.39, 0.29) is 0 Å². The summed E-state index contributed by atoms with van der Waals surface area (Å²) < 4.78 is 0. The number of hydrogen-bond donors (Lipinski definition) is 2. The molecule has 0 aliphatic heterocycles. The van der Waals surface area contributed by atoms with E-state index in [9.17, 15) is 0 Å². The van der Waals surface area contributed by atoms with E-state index in [0.717, 1.165) is 5.75 Å². The summed E-state index contributed by atoms with van der Waals surface area (Å²) in [6, 6.07) is 0.315. The van der Waals surface area contributed by atoms with Gasteiger partial charge < -0.3 is 0 Å². The van der Waals surface area contributed by atoms with Crippen LogP contribution in [0.5, 0.6) is 0 Å². The van der Waals surface area contributed by atoms with Gasteiger partial charge in [-0.3, -0.25) is 0 Å². The van der Waals surface area contributed by atoms with Gasteiger partial charge in [-0.2, -0.15) is 12.6 Å². The smallest absolute Gasteiger partial charge is 0.0280 e. The van der Waals surface area contributed by atoms with Gasteiger partial charge in [0.2, 0.25) is 0 Å². The minimum atomic E-state index is 0.315. The number of hydrogen-bond acceptors (Lipinski definition) is 2. The predicted octanol–water partition coefficient (Wildman–Crippen LogP) is 1.05. The third kappa shape index (κ3) is 2.82. The lowest BCUT2D eigenvalue weighted by Gasteiger charge is -1.98. The summed E-state index contributed by atoms with van der Waals surface area (Å²) in [5, 5.41) is 0. The van der Waals surface area contributed by atoms with Crippen LogP contribution in [-0.4, -0.2) is 11.8 Å². The monoisotopic (exact) mass is 125 g/mol. The lowest BCUT2D eigenvalue weighted by Crippen LogP contribution is -2.16. The van der Waals surface area contributed by atoms with Crippen LogP contribution in [0.2, 0.25) is 0 Å². The highest BCUT2D eigenvalue weighted by Crippen LogP contribution is 1.83. The second-order valence-electron chi connectivity index (χ2n) is 1.19. The minimum absolute atomic E-state index is 0.315. The lowest BCUT2D eigenvalue weighted by atomic mass is 10.4. The van der Waals surface area contributed by atoms with Crippen molar-refractivity contribution in [2.75, 3.05) is 5.75 Å². The van der Waals surface area contributed by atoms with E-state index in [1.54, 1.807) is 0 Å². The molecule has 0 saturated heterocycles. The summed E-state index contributed by atoms with van der Waals surface area (Å²) in [6.45, 7) is 1.96. The molecule has 1 unspecified atom stereocenters. The first-order valence-electron chi connectivity index (χ1n) is 1.78. The fourth-order valence-electron chi connectivity index (χ4n) is 0.0345. The molecule has 3 heteroatoms. The van der Waals surface area contributed by atoms with Crippen LogP contribution >= 0.6 is 24.4 Å². The molecule has 6 heavy (non-hydrogen) atoms. The summed E-state index contributed by atoms with van der Waals surface area (Å²) in [4.78, 5) is 2.51. The Kier molecular flexibility index (Phi) is 4.16. The van der Waals surface area contributed by atoms with Gasteiger partial charge in [0.15, 0.2) is 0 Å². The van der Waals surface area contributed by atoms with Crippen molar-refractivity contribution < 1.29 is 0 Å². The van der Waals surface area contributed by atoms with Gasteiger partial charge in [-0.05, 0) is 18.7 Å². The fraction of sp³-hybridized carbons (Fsp3) is 1.00. The van der Waals surface area contributed by atoms with Crippen LogP contribution in [0.15, 0.2) is 0 Å². The average molecular weight is 126 g/mol. The van der Waals surface area contributed by atoms with Crippen molar-refractivity contribution in [3.8, 4) is 0 Å². The molecule has 0 radical (unpaired) electrons. The Morgan fingerprint density at radius 3 is 2.50 bits per heavy atom. The van der Waals surface area contributed by atoms with Crippen molar-refractivity contribution in [1.29, 1.82) is 0 Å². The summed E-state index contributed by atoms with van der Waals surface area (Å²) in [7, 11) is 0. The van der Waals surface area contributed by atoms with Gasteiger partial charge in [-0.25, -0.2) is 4.84 Å². The largest absolute Gasteiger partial charge is 0.230 e. The van der Waals surface area contributed by atoms with E-state index in [4.69, 9.17) is 11.8 Å². The van der Waals surface area contributed by atoms with Gasteiger partial charge in [-0.1, -0.05) is 0 Å². The lowest BCUT2D eigenvalue weighted by molar-refractivity contribution is 0.775. The Hall–Kier alpha value is 0.600. The van der Waals surface area contributed by atoms with Crippen molar-refractivity contribution >= 4 is 24.4 Å². The van der Waals surface area contributed by atoms with E-state index in [1.165, 1.54) is 0 Å². The molecule has 0 saturated carbocycles. The van der Waals surface area contributed by atoms with Crippen LogP contribution in [0.4, 0.5) is 0 Å². The molecule has 0 amide bonds. The van der Waals surface area contributed by atoms with Crippen molar-refractivity contribution in [2.45, 2.75) is 13.0 Å². The van der Waals surface area contributed by atoms with Crippen LogP contribution in [0.1, 0.15) is 6.92 Å². The Morgan fingerprint density at radius 1 is 2.00 bits per heavy atom. The van der Waals surface area contributed by atoms with E-state index < -0.39 is 0 Å². The minimum Gasteiger partial charge on any atom is -0.230 e. The molecule has 0 aliphatic carbocycles. The predicted molar refractivity (Wildman–Crippen MR) is 32.3 cm³/mol. The third-order valence-corrected chi connectivity index (χ3v) is 1.38. The van der Waals surface area contributed by atoms with Gasteiger partial charge in [0, 0.05) is 11.8 Å². The van der Waals surface area contributed by atoms with Crippen LogP contribution in [-0.2, 0) is 0 Å². The maximum atomic E-state index is 5.15. The molecule has 0 fully saturated rings. The summed E-state index contributed by atoms with van der Waals surface area (Å²) in [5.74, 6) is 0.781. The highest BCUT2D eigenvalue weighted by atomic mass is 35.5. The first-order valence-corrected chi connectivity index (χ1v) is 2.79. The molecule has 1 N–H and O–H groups in total. The molecular formula is C3H8ClNS. The van der Waals surface area contributed by atoms with Gasteiger partial charge in [0.05, 0.1) is 0 Å². The Morgan fingerprint density at radius 2 is 2.50 bits per heavy atom. The molecular weight excluding hydrogens is 118 g/mol. The second-order valence-corrected chi connectivity index (χ2v) is 1.78. The molecule has 0 aromatic carbocycles. The van der Waals surface area contributed by atoms with Gasteiger partial charge in [0.25, 0.3) is 0 Å². The number of nitrogens with one attached hydrogen (secondary N) is 1. The zero-order valence-electron chi connectivity index (χ0n) is 3.61. The third-order valence-electron chi connectivity index (χ3n) is 0.460. The number of rotatable bonds is 2.